The predicted octanol–water partition coefficient (Wildman–Crippen LogP) is 1.92. The van der Waals surface area contributed by atoms with E-state index in [0.717, 1.165) is 42.5 Å². The lowest BCUT2D eigenvalue weighted by Crippen LogP contribution is -2.50. The summed E-state index contributed by atoms with van der Waals surface area (Å²) in [6.07, 6.45) is 2.62. The molecule has 2 aromatic rings. The fourth-order valence-electron chi connectivity index (χ4n) is 3.66. The van der Waals surface area contributed by atoms with Gasteiger partial charge in [0.1, 0.15) is 23.3 Å². The van der Waals surface area contributed by atoms with E-state index < -0.39 is 0 Å². The van der Waals surface area contributed by atoms with Crippen LogP contribution >= 0.6 is 0 Å². The second-order valence-electron chi connectivity index (χ2n) is 7.37. The smallest absolute Gasteiger partial charge is 0.228 e. The van der Waals surface area contributed by atoms with Gasteiger partial charge in [0.05, 0.1) is 12.5 Å². The number of aryl methyl sites for hydroxylation is 2. The summed E-state index contributed by atoms with van der Waals surface area (Å²) in [6, 6.07) is 5.88. The number of amides is 1. The maximum absolute atomic E-state index is 12.6. The molecule has 0 aromatic carbocycles. The van der Waals surface area contributed by atoms with E-state index in [1.807, 2.05) is 36.9 Å². The Morgan fingerprint density at radius 1 is 1.14 bits per heavy atom. The minimum Gasteiger partial charge on any atom is -0.381 e. The van der Waals surface area contributed by atoms with Crippen molar-refractivity contribution in [3.05, 3.63) is 35.8 Å². The number of hydrogen-bond acceptors (Lipinski definition) is 7. The number of anilines is 3. The van der Waals surface area contributed by atoms with Gasteiger partial charge in [-0.2, -0.15) is 0 Å². The number of rotatable bonds is 4. The minimum atomic E-state index is 0.0328. The van der Waals surface area contributed by atoms with Gasteiger partial charge in [0, 0.05) is 45.0 Å². The molecule has 2 aromatic heterocycles. The van der Waals surface area contributed by atoms with Crippen LogP contribution < -0.4 is 10.2 Å². The third kappa shape index (κ3) is 4.22. The van der Waals surface area contributed by atoms with E-state index in [9.17, 15) is 4.79 Å². The Morgan fingerprint density at radius 2 is 1.96 bits per heavy atom. The molecule has 1 unspecified atom stereocenters. The minimum absolute atomic E-state index is 0.0328. The van der Waals surface area contributed by atoms with Crippen LogP contribution in [0.1, 0.15) is 17.8 Å². The summed E-state index contributed by atoms with van der Waals surface area (Å²) in [4.78, 5) is 30.1. The van der Waals surface area contributed by atoms with Gasteiger partial charge in [-0.1, -0.05) is 0 Å². The maximum atomic E-state index is 12.6. The second-order valence-corrected chi connectivity index (χ2v) is 7.37. The fourth-order valence-corrected chi connectivity index (χ4v) is 3.66. The molecular formula is C20H26N6O2. The normalized spacial score (nSPS) is 19.7. The van der Waals surface area contributed by atoms with Gasteiger partial charge < -0.3 is 19.9 Å². The van der Waals surface area contributed by atoms with Gasteiger partial charge in [-0.25, -0.2) is 15.0 Å². The Balaban J connectivity index is 1.42. The molecule has 4 heterocycles. The molecule has 1 amide bonds. The molecule has 0 radical (unpaired) electrons. The molecule has 28 heavy (non-hydrogen) atoms. The van der Waals surface area contributed by atoms with Crippen molar-refractivity contribution in [2.75, 3.05) is 49.6 Å². The van der Waals surface area contributed by atoms with Crippen molar-refractivity contribution in [2.24, 2.45) is 5.92 Å². The number of piperazine rings is 1. The van der Waals surface area contributed by atoms with E-state index in [1.165, 1.54) is 0 Å². The summed E-state index contributed by atoms with van der Waals surface area (Å²) in [5.74, 6) is 3.32. The lowest BCUT2D eigenvalue weighted by atomic mass is 10.1. The van der Waals surface area contributed by atoms with Gasteiger partial charge in [0.25, 0.3) is 0 Å². The van der Waals surface area contributed by atoms with Gasteiger partial charge in [-0.15, -0.1) is 0 Å². The van der Waals surface area contributed by atoms with Crippen LogP contribution in [0.4, 0.5) is 17.5 Å². The zero-order valence-corrected chi connectivity index (χ0v) is 16.4. The number of carbonyl (C=O) groups excluding carboxylic acids is 1. The van der Waals surface area contributed by atoms with Crippen molar-refractivity contribution < 1.29 is 9.53 Å². The van der Waals surface area contributed by atoms with Gasteiger partial charge in [0.15, 0.2) is 0 Å². The lowest BCUT2D eigenvalue weighted by molar-refractivity contribution is -0.135. The molecule has 0 bridgehead atoms. The Hall–Kier alpha value is -2.74. The number of ether oxygens (including phenoxy) is 1. The van der Waals surface area contributed by atoms with Crippen molar-refractivity contribution in [1.82, 2.24) is 19.9 Å². The Morgan fingerprint density at radius 3 is 2.68 bits per heavy atom. The molecule has 0 aliphatic carbocycles. The van der Waals surface area contributed by atoms with E-state index >= 15 is 0 Å². The quantitative estimate of drug-likeness (QED) is 0.865. The molecule has 148 valence electrons. The maximum Gasteiger partial charge on any atom is 0.228 e. The highest BCUT2D eigenvalue weighted by molar-refractivity contribution is 5.79. The summed E-state index contributed by atoms with van der Waals surface area (Å²) >= 11 is 0. The molecule has 8 heteroatoms. The van der Waals surface area contributed by atoms with Crippen molar-refractivity contribution in [1.29, 1.82) is 0 Å². The van der Waals surface area contributed by atoms with Gasteiger partial charge in [0.2, 0.25) is 5.91 Å². The fraction of sp³-hybridized carbons (Fsp3) is 0.500. The van der Waals surface area contributed by atoms with Crippen LogP contribution in [0.25, 0.3) is 0 Å². The molecule has 1 N–H and O–H groups in total. The van der Waals surface area contributed by atoms with E-state index in [0.29, 0.717) is 32.1 Å². The van der Waals surface area contributed by atoms with E-state index in [1.54, 1.807) is 6.20 Å². The van der Waals surface area contributed by atoms with Crippen LogP contribution in [0.3, 0.4) is 0 Å². The number of nitrogens with one attached hydrogen (secondary N) is 1. The van der Waals surface area contributed by atoms with E-state index in [4.69, 9.17) is 4.74 Å². The first-order valence-corrected chi connectivity index (χ1v) is 9.75. The zero-order valence-electron chi connectivity index (χ0n) is 16.4. The monoisotopic (exact) mass is 382 g/mol. The molecular weight excluding hydrogens is 356 g/mol. The molecule has 0 saturated carbocycles. The van der Waals surface area contributed by atoms with Gasteiger partial charge >= 0.3 is 0 Å². The van der Waals surface area contributed by atoms with Gasteiger partial charge in [-0.3, -0.25) is 4.79 Å². The largest absolute Gasteiger partial charge is 0.381 e. The molecule has 2 fully saturated rings. The Labute approximate surface area is 164 Å². The summed E-state index contributed by atoms with van der Waals surface area (Å²) in [5.41, 5.74) is 1.14. The highest BCUT2D eigenvalue weighted by Crippen LogP contribution is 2.22. The van der Waals surface area contributed by atoms with Crippen LogP contribution in [0.2, 0.25) is 0 Å². The van der Waals surface area contributed by atoms with Crippen molar-refractivity contribution in [2.45, 2.75) is 20.3 Å². The third-order valence-electron chi connectivity index (χ3n) is 5.19. The van der Waals surface area contributed by atoms with Crippen molar-refractivity contribution in [3.8, 4) is 0 Å². The molecule has 2 aliphatic heterocycles. The number of carbonyl (C=O) groups is 1. The van der Waals surface area contributed by atoms with Crippen LogP contribution in [-0.4, -0.2) is 65.2 Å². The highest BCUT2D eigenvalue weighted by atomic mass is 16.5. The lowest BCUT2D eigenvalue weighted by Gasteiger charge is -2.36. The summed E-state index contributed by atoms with van der Waals surface area (Å²) in [5, 5.41) is 3.26. The molecule has 2 aliphatic rings. The molecule has 0 spiro atoms. The second kappa shape index (κ2) is 8.10. The van der Waals surface area contributed by atoms with E-state index in [-0.39, 0.29) is 11.8 Å². The zero-order chi connectivity index (χ0) is 19.5. The first-order chi connectivity index (χ1) is 13.6. The number of nitrogens with zero attached hydrogens (tertiary/aromatic N) is 5. The Bertz CT molecular complexity index is 844. The highest BCUT2D eigenvalue weighted by Gasteiger charge is 2.30. The van der Waals surface area contributed by atoms with Crippen LogP contribution in [0.5, 0.6) is 0 Å². The summed E-state index contributed by atoms with van der Waals surface area (Å²) < 4.78 is 5.36. The van der Waals surface area contributed by atoms with Crippen LogP contribution in [0.15, 0.2) is 24.4 Å². The predicted molar refractivity (Wildman–Crippen MR) is 107 cm³/mol. The standard InChI is InChI=1S/C20H26N6O2/c1-14-3-5-21-17(11-14)24-18-12-19(23-15(2)22-18)25-6-8-26(9-7-25)20(27)16-4-10-28-13-16/h3,5,11-12,16H,4,6-10,13H2,1-2H3,(H,21,22,23,24). The number of pyridine rings is 1. The summed E-state index contributed by atoms with van der Waals surface area (Å²) in [7, 11) is 0. The van der Waals surface area contributed by atoms with Crippen molar-refractivity contribution in [3.63, 3.8) is 0 Å². The first-order valence-electron chi connectivity index (χ1n) is 9.75. The molecule has 8 nitrogen and oxygen atoms in total. The Kier molecular flexibility index (Phi) is 5.38. The summed E-state index contributed by atoms with van der Waals surface area (Å²) in [6.45, 7) is 8.12. The molecule has 4 rings (SSSR count). The topological polar surface area (TPSA) is 83.5 Å². The molecule has 2 saturated heterocycles. The van der Waals surface area contributed by atoms with E-state index in [2.05, 4.69) is 25.2 Å². The van der Waals surface area contributed by atoms with Crippen LogP contribution in [0, 0.1) is 19.8 Å². The van der Waals surface area contributed by atoms with Crippen molar-refractivity contribution >= 4 is 23.4 Å². The SMILES string of the molecule is Cc1ccnc(Nc2cc(N3CCN(C(=O)C4CCOC4)CC3)nc(C)n2)c1. The number of hydrogen-bond donors (Lipinski definition) is 1. The average Bonchev–Trinajstić information content (AvgIpc) is 3.22. The third-order valence-corrected chi connectivity index (χ3v) is 5.19. The molecule has 1 atom stereocenters. The average molecular weight is 382 g/mol. The van der Waals surface area contributed by atoms with Gasteiger partial charge in [-0.05, 0) is 38.0 Å². The van der Waals surface area contributed by atoms with Crippen LogP contribution in [-0.2, 0) is 9.53 Å². The first kappa shape index (κ1) is 18.6. The number of aromatic nitrogens is 3.